The molecule has 1 amide bonds. The molecule has 1 aromatic heterocycles. The largest absolute Gasteiger partial charge is 0.481 e. The fourth-order valence-corrected chi connectivity index (χ4v) is 6.34. The SMILES string of the molecule is Cc1cc(N=S2CCCC2)cc2ncnc(Nc3ccc(F)cc3OCC(=O)NCC3CCCO3)c12. The van der Waals surface area contributed by atoms with Gasteiger partial charge < -0.3 is 20.1 Å². The van der Waals surface area contributed by atoms with Gasteiger partial charge in [-0.15, -0.1) is 0 Å². The van der Waals surface area contributed by atoms with E-state index >= 15 is 0 Å². The number of fused-ring (bicyclic) bond motifs is 1. The van der Waals surface area contributed by atoms with E-state index in [2.05, 4.69) is 26.7 Å². The van der Waals surface area contributed by atoms with Crippen molar-refractivity contribution in [3.8, 4) is 5.75 Å². The van der Waals surface area contributed by atoms with Crippen molar-refractivity contribution in [2.45, 2.75) is 38.7 Å². The number of carbonyl (C=O) groups excluding carboxylic acids is 1. The van der Waals surface area contributed by atoms with E-state index < -0.39 is 5.82 Å². The smallest absolute Gasteiger partial charge is 0.258 e. The first-order valence-corrected chi connectivity index (χ1v) is 13.8. The molecule has 0 spiro atoms. The van der Waals surface area contributed by atoms with Gasteiger partial charge in [0.2, 0.25) is 0 Å². The van der Waals surface area contributed by atoms with Crippen LogP contribution >= 0.6 is 0 Å². The number of nitrogens with one attached hydrogen (secondary N) is 2. The fraction of sp³-hybridized carbons (Fsp3) is 0.423. The summed E-state index contributed by atoms with van der Waals surface area (Å²) in [5.74, 6) is 2.37. The molecule has 2 saturated heterocycles. The number of rotatable bonds is 8. The summed E-state index contributed by atoms with van der Waals surface area (Å²) >= 11 is 0. The number of anilines is 2. The highest BCUT2D eigenvalue weighted by molar-refractivity contribution is 7.87. The third-order valence-electron chi connectivity index (χ3n) is 6.27. The molecular weight excluding hydrogens is 481 g/mol. The van der Waals surface area contributed by atoms with E-state index in [-0.39, 0.29) is 35.1 Å². The molecule has 3 heterocycles. The van der Waals surface area contributed by atoms with Crippen molar-refractivity contribution < 1.29 is 18.7 Å². The molecule has 0 bridgehead atoms. The molecule has 5 rings (SSSR count). The second kappa shape index (κ2) is 11.3. The molecule has 190 valence electrons. The van der Waals surface area contributed by atoms with Crippen molar-refractivity contribution in [3.63, 3.8) is 0 Å². The average Bonchev–Trinajstić information content (AvgIpc) is 3.57. The second-order valence-corrected chi connectivity index (χ2v) is 11.0. The van der Waals surface area contributed by atoms with E-state index in [0.717, 1.165) is 53.1 Å². The summed E-state index contributed by atoms with van der Waals surface area (Å²) < 4.78 is 30.2. The summed E-state index contributed by atoms with van der Waals surface area (Å²) in [6, 6.07) is 8.21. The molecule has 1 atom stereocenters. The second-order valence-electron chi connectivity index (χ2n) is 9.04. The maximum Gasteiger partial charge on any atom is 0.258 e. The van der Waals surface area contributed by atoms with Gasteiger partial charge in [-0.05, 0) is 62.4 Å². The van der Waals surface area contributed by atoms with E-state index in [4.69, 9.17) is 13.8 Å². The first-order chi connectivity index (χ1) is 17.5. The number of halogens is 1. The lowest BCUT2D eigenvalue weighted by Crippen LogP contribution is -2.35. The van der Waals surface area contributed by atoms with E-state index in [1.54, 1.807) is 6.07 Å². The summed E-state index contributed by atoms with van der Waals surface area (Å²) in [6.07, 6.45) is 5.96. The lowest BCUT2D eigenvalue weighted by Gasteiger charge is -2.16. The summed E-state index contributed by atoms with van der Waals surface area (Å²) in [4.78, 5) is 21.2. The molecule has 0 radical (unpaired) electrons. The Morgan fingerprint density at radius 1 is 1.22 bits per heavy atom. The van der Waals surface area contributed by atoms with Crippen LogP contribution in [0.2, 0.25) is 0 Å². The van der Waals surface area contributed by atoms with Gasteiger partial charge in [0.1, 0.15) is 23.7 Å². The van der Waals surface area contributed by atoms with Crippen LogP contribution in [0.4, 0.5) is 21.6 Å². The Morgan fingerprint density at radius 3 is 2.89 bits per heavy atom. The van der Waals surface area contributed by atoms with Crippen molar-refractivity contribution in [3.05, 3.63) is 48.0 Å². The highest BCUT2D eigenvalue weighted by atomic mass is 32.2. The first kappa shape index (κ1) is 24.6. The highest BCUT2D eigenvalue weighted by Crippen LogP contribution is 2.34. The van der Waals surface area contributed by atoms with Crippen molar-refractivity contribution in [2.24, 2.45) is 4.36 Å². The minimum Gasteiger partial charge on any atom is -0.481 e. The predicted octanol–water partition coefficient (Wildman–Crippen LogP) is 4.72. The average molecular weight is 512 g/mol. The van der Waals surface area contributed by atoms with Crippen LogP contribution < -0.4 is 15.4 Å². The summed E-state index contributed by atoms with van der Waals surface area (Å²) in [7, 11) is 0.0936. The lowest BCUT2D eigenvalue weighted by molar-refractivity contribution is -0.123. The van der Waals surface area contributed by atoms with Crippen molar-refractivity contribution in [1.82, 2.24) is 15.3 Å². The van der Waals surface area contributed by atoms with Crippen LogP contribution in [0.5, 0.6) is 5.75 Å². The van der Waals surface area contributed by atoms with Crippen molar-refractivity contribution >= 4 is 44.7 Å². The van der Waals surface area contributed by atoms with E-state index in [1.165, 1.54) is 31.3 Å². The number of aryl methyl sites for hydroxylation is 1. The first-order valence-electron chi connectivity index (χ1n) is 12.3. The molecule has 3 aromatic rings. The maximum absolute atomic E-state index is 14.0. The predicted molar refractivity (Wildman–Crippen MR) is 140 cm³/mol. The maximum atomic E-state index is 14.0. The molecule has 0 saturated carbocycles. The molecule has 0 aliphatic carbocycles. The molecule has 10 heteroatoms. The molecular formula is C26H30FN5O3S. The van der Waals surface area contributed by atoms with Crippen LogP contribution in [-0.2, 0) is 20.2 Å². The van der Waals surface area contributed by atoms with E-state index in [9.17, 15) is 9.18 Å². The Hall–Kier alpha value is -3.11. The third kappa shape index (κ3) is 5.99. The van der Waals surface area contributed by atoms with Gasteiger partial charge in [0, 0.05) is 36.1 Å². The standard InChI is InChI=1S/C26H30FN5O3S/c1-17-11-19(32-36-9-2-3-10-36)13-22-25(17)26(30-16-29-22)31-21-7-6-18(27)12-23(21)35-15-24(33)28-14-20-5-4-8-34-20/h6-7,11-13,16,20H,2-5,8-10,14-15H2,1H3,(H,28,33)(H,29,30,31). The lowest BCUT2D eigenvalue weighted by atomic mass is 10.1. The number of aromatic nitrogens is 2. The summed E-state index contributed by atoms with van der Waals surface area (Å²) in [5, 5.41) is 6.92. The highest BCUT2D eigenvalue weighted by Gasteiger charge is 2.17. The van der Waals surface area contributed by atoms with Gasteiger partial charge in [-0.1, -0.05) is 10.7 Å². The zero-order valence-electron chi connectivity index (χ0n) is 20.3. The Labute approximate surface area is 212 Å². The fourth-order valence-electron chi connectivity index (χ4n) is 4.47. The van der Waals surface area contributed by atoms with Gasteiger partial charge >= 0.3 is 0 Å². The number of amides is 1. The quantitative estimate of drug-likeness (QED) is 0.454. The zero-order chi connectivity index (χ0) is 24.9. The molecule has 8 nitrogen and oxygen atoms in total. The van der Waals surface area contributed by atoms with Gasteiger partial charge in [0.05, 0.1) is 23.0 Å². The Kier molecular flexibility index (Phi) is 7.72. The minimum absolute atomic E-state index is 0.0431. The molecule has 36 heavy (non-hydrogen) atoms. The normalized spacial score (nSPS) is 17.9. The number of ether oxygens (including phenoxy) is 2. The van der Waals surface area contributed by atoms with Crippen molar-refractivity contribution in [2.75, 3.05) is 36.6 Å². The van der Waals surface area contributed by atoms with E-state index in [0.29, 0.717) is 18.1 Å². The van der Waals surface area contributed by atoms with Gasteiger partial charge in [0.25, 0.3) is 5.91 Å². The third-order valence-corrected chi connectivity index (χ3v) is 8.26. The Bertz CT molecular complexity index is 1290. The molecule has 2 aromatic carbocycles. The van der Waals surface area contributed by atoms with Gasteiger partial charge in [-0.25, -0.2) is 18.7 Å². The number of nitrogens with zero attached hydrogens (tertiary/aromatic N) is 3. The Morgan fingerprint density at radius 2 is 2.08 bits per heavy atom. The number of carbonyl (C=O) groups is 1. The number of hydrogen-bond acceptors (Lipinski definition) is 7. The number of hydrogen-bond donors (Lipinski definition) is 2. The molecule has 2 fully saturated rings. The van der Waals surface area contributed by atoms with Crippen LogP contribution in [0.1, 0.15) is 31.2 Å². The molecule has 2 N–H and O–H groups in total. The zero-order valence-corrected chi connectivity index (χ0v) is 21.1. The minimum atomic E-state index is -0.460. The number of benzene rings is 2. The van der Waals surface area contributed by atoms with Crippen LogP contribution in [0, 0.1) is 12.7 Å². The van der Waals surface area contributed by atoms with Gasteiger partial charge in [-0.3, -0.25) is 4.79 Å². The Balaban J connectivity index is 1.33. The summed E-state index contributed by atoms with van der Waals surface area (Å²) in [5.41, 5.74) is 3.22. The van der Waals surface area contributed by atoms with E-state index in [1.807, 2.05) is 13.0 Å². The monoisotopic (exact) mass is 511 g/mol. The van der Waals surface area contributed by atoms with Crippen LogP contribution in [0.15, 0.2) is 41.0 Å². The molecule has 2 aliphatic heterocycles. The van der Waals surface area contributed by atoms with Crippen LogP contribution in [-0.4, -0.2) is 53.2 Å². The topological polar surface area (TPSA) is 97.7 Å². The summed E-state index contributed by atoms with van der Waals surface area (Å²) in [6.45, 7) is 2.94. The molecule has 1 unspecified atom stereocenters. The van der Waals surface area contributed by atoms with Crippen molar-refractivity contribution in [1.29, 1.82) is 0 Å². The molecule has 2 aliphatic rings. The van der Waals surface area contributed by atoms with Gasteiger partial charge in [-0.2, -0.15) is 0 Å². The van der Waals surface area contributed by atoms with Crippen LogP contribution in [0.25, 0.3) is 10.9 Å². The van der Waals surface area contributed by atoms with Gasteiger partial charge in [0.15, 0.2) is 6.61 Å². The van der Waals surface area contributed by atoms with Crippen LogP contribution in [0.3, 0.4) is 0 Å².